The molecule has 0 aliphatic carbocycles. The number of hydrogen-bond donors (Lipinski definition) is 3. The quantitative estimate of drug-likeness (QED) is 0.794. The number of hydrogen-bond acceptors (Lipinski definition) is 3. The summed E-state index contributed by atoms with van der Waals surface area (Å²) in [4.78, 5) is 0. The Morgan fingerprint density at radius 3 is 2.25 bits per heavy atom. The Labute approximate surface area is 125 Å². The van der Waals surface area contributed by atoms with Gasteiger partial charge in [0, 0.05) is 12.6 Å². The van der Waals surface area contributed by atoms with E-state index in [4.69, 9.17) is 15.9 Å². The molecule has 0 heterocycles. The van der Waals surface area contributed by atoms with E-state index in [1.54, 1.807) is 0 Å². The second-order valence-electron chi connectivity index (χ2n) is 4.60. The van der Waals surface area contributed by atoms with Gasteiger partial charge in [0.05, 0.1) is 6.61 Å². The summed E-state index contributed by atoms with van der Waals surface area (Å²) < 4.78 is 0. The normalized spacial score (nSPS) is 11.8. The van der Waals surface area contributed by atoms with Crippen LogP contribution >= 0.6 is 12.4 Å². The summed E-state index contributed by atoms with van der Waals surface area (Å²) in [7, 11) is 0. The molecule has 0 radical (unpaired) electrons. The fourth-order valence-electron chi connectivity index (χ4n) is 2.08. The minimum Gasteiger partial charge on any atom is -0.396 e. The number of halogens is 1. The smallest absolute Gasteiger partial charge is 0.0682 e. The van der Waals surface area contributed by atoms with E-state index in [-0.39, 0.29) is 31.7 Å². The summed E-state index contributed by atoms with van der Waals surface area (Å²) in [6.45, 7) is 0.148. The molecule has 0 aliphatic heterocycles. The van der Waals surface area contributed by atoms with Crippen LogP contribution in [0.5, 0.6) is 0 Å². The fraction of sp³-hybridized carbons (Fsp3) is 0.250. The molecular formula is C16H20ClNO2. The largest absolute Gasteiger partial charge is 0.396 e. The Kier molecular flexibility index (Phi) is 6.68. The molecule has 0 saturated heterocycles. The van der Waals surface area contributed by atoms with Crippen LogP contribution < -0.4 is 5.73 Å². The highest BCUT2D eigenvalue weighted by Gasteiger charge is 2.05. The zero-order chi connectivity index (χ0) is 13.7. The van der Waals surface area contributed by atoms with Gasteiger partial charge in [0.2, 0.25) is 0 Å². The molecule has 0 bridgehead atoms. The van der Waals surface area contributed by atoms with Gasteiger partial charge < -0.3 is 15.9 Å². The van der Waals surface area contributed by atoms with Gasteiger partial charge in [0.15, 0.2) is 0 Å². The Bertz CT molecular complexity index is 528. The predicted octanol–water partition coefficient (Wildman–Crippen LogP) is 2.65. The van der Waals surface area contributed by atoms with Crippen LogP contribution in [0, 0.1) is 0 Å². The van der Waals surface area contributed by atoms with Gasteiger partial charge in [0.1, 0.15) is 0 Å². The molecule has 4 heteroatoms. The first-order chi connectivity index (χ1) is 9.24. The van der Waals surface area contributed by atoms with Crippen molar-refractivity contribution < 1.29 is 10.2 Å². The van der Waals surface area contributed by atoms with E-state index in [1.807, 2.05) is 48.5 Å². The predicted molar refractivity (Wildman–Crippen MR) is 83.7 cm³/mol. The summed E-state index contributed by atoms with van der Waals surface area (Å²) in [5.41, 5.74) is 10.0. The maximum Gasteiger partial charge on any atom is 0.0682 e. The van der Waals surface area contributed by atoms with E-state index in [0.717, 1.165) is 22.3 Å². The topological polar surface area (TPSA) is 66.5 Å². The Balaban J connectivity index is 0.00000200. The highest BCUT2D eigenvalue weighted by atomic mass is 35.5. The average Bonchev–Trinajstić information content (AvgIpc) is 2.48. The molecule has 3 nitrogen and oxygen atoms in total. The summed E-state index contributed by atoms with van der Waals surface area (Å²) in [5, 5.41) is 18.0. The van der Waals surface area contributed by atoms with Gasteiger partial charge in [0.25, 0.3) is 0 Å². The Morgan fingerprint density at radius 1 is 0.950 bits per heavy atom. The van der Waals surface area contributed by atoms with Crippen molar-refractivity contribution in [3.63, 3.8) is 0 Å². The van der Waals surface area contributed by atoms with Crippen LogP contribution in [0.15, 0.2) is 48.5 Å². The molecule has 20 heavy (non-hydrogen) atoms. The molecule has 0 spiro atoms. The SMILES string of the molecule is Cl.NC(CCO)c1ccc(-c2cccc(CO)c2)cc1. The second kappa shape index (κ2) is 8.02. The monoisotopic (exact) mass is 293 g/mol. The number of nitrogens with two attached hydrogens (primary N) is 1. The van der Waals surface area contributed by atoms with E-state index < -0.39 is 0 Å². The van der Waals surface area contributed by atoms with E-state index >= 15 is 0 Å². The molecule has 4 N–H and O–H groups in total. The highest BCUT2D eigenvalue weighted by Crippen LogP contribution is 2.23. The molecule has 0 aliphatic rings. The third kappa shape index (κ3) is 4.05. The van der Waals surface area contributed by atoms with Crippen LogP contribution in [0.4, 0.5) is 0 Å². The summed E-state index contributed by atoms with van der Waals surface area (Å²) in [6, 6.07) is 15.7. The summed E-state index contributed by atoms with van der Waals surface area (Å²) in [5.74, 6) is 0. The molecule has 1 atom stereocenters. The van der Waals surface area contributed by atoms with E-state index in [2.05, 4.69) is 0 Å². The van der Waals surface area contributed by atoms with Crippen molar-refractivity contribution in [3.8, 4) is 11.1 Å². The molecule has 0 saturated carbocycles. The molecule has 1 unspecified atom stereocenters. The first-order valence-corrected chi connectivity index (χ1v) is 6.41. The van der Waals surface area contributed by atoms with Crippen molar-refractivity contribution >= 4 is 12.4 Å². The van der Waals surface area contributed by atoms with E-state index in [9.17, 15) is 0 Å². The van der Waals surface area contributed by atoms with E-state index in [0.29, 0.717) is 6.42 Å². The van der Waals surface area contributed by atoms with Crippen LogP contribution in [-0.4, -0.2) is 16.8 Å². The van der Waals surface area contributed by atoms with Crippen LogP contribution in [0.3, 0.4) is 0 Å². The highest BCUT2D eigenvalue weighted by molar-refractivity contribution is 5.85. The zero-order valence-electron chi connectivity index (χ0n) is 11.2. The van der Waals surface area contributed by atoms with Gasteiger partial charge in [-0.3, -0.25) is 0 Å². The second-order valence-corrected chi connectivity index (χ2v) is 4.60. The maximum atomic E-state index is 9.14. The van der Waals surface area contributed by atoms with Gasteiger partial charge in [-0.2, -0.15) is 0 Å². The van der Waals surface area contributed by atoms with Crippen molar-refractivity contribution in [3.05, 3.63) is 59.7 Å². The maximum absolute atomic E-state index is 9.14. The molecule has 2 aromatic rings. The van der Waals surface area contributed by atoms with E-state index in [1.165, 1.54) is 0 Å². The average molecular weight is 294 g/mol. The lowest BCUT2D eigenvalue weighted by atomic mass is 9.99. The van der Waals surface area contributed by atoms with Crippen molar-refractivity contribution in [2.75, 3.05) is 6.61 Å². The number of aliphatic hydroxyl groups is 2. The fourth-order valence-corrected chi connectivity index (χ4v) is 2.08. The minimum absolute atomic E-state index is 0. The van der Waals surface area contributed by atoms with Crippen LogP contribution in [0.25, 0.3) is 11.1 Å². The first kappa shape index (κ1) is 16.7. The Morgan fingerprint density at radius 2 is 1.65 bits per heavy atom. The number of aliphatic hydroxyl groups excluding tert-OH is 2. The molecule has 2 rings (SSSR count). The number of benzene rings is 2. The van der Waals surface area contributed by atoms with Crippen LogP contribution in [0.1, 0.15) is 23.6 Å². The van der Waals surface area contributed by atoms with Crippen molar-refractivity contribution in [2.24, 2.45) is 5.73 Å². The lowest BCUT2D eigenvalue weighted by Crippen LogP contribution is -2.11. The number of rotatable bonds is 5. The van der Waals surface area contributed by atoms with Gasteiger partial charge in [-0.15, -0.1) is 12.4 Å². The summed E-state index contributed by atoms with van der Waals surface area (Å²) >= 11 is 0. The van der Waals surface area contributed by atoms with Gasteiger partial charge in [-0.05, 0) is 34.7 Å². The van der Waals surface area contributed by atoms with Crippen molar-refractivity contribution in [2.45, 2.75) is 19.1 Å². The lowest BCUT2D eigenvalue weighted by molar-refractivity contribution is 0.276. The van der Waals surface area contributed by atoms with Gasteiger partial charge in [-0.25, -0.2) is 0 Å². The lowest BCUT2D eigenvalue weighted by Gasteiger charge is -2.11. The first-order valence-electron chi connectivity index (χ1n) is 6.41. The molecule has 108 valence electrons. The summed E-state index contributed by atoms with van der Waals surface area (Å²) in [6.07, 6.45) is 0.569. The van der Waals surface area contributed by atoms with Crippen molar-refractivity contribution in [1.29, 1.82) is 0 Å². The van der Waals surface area contributed by atoms with Gasteiger partial charge in [-0.1, -0.05) is 42.5 Å². The molecule has 0 aromatic heterocycles. The van der Waals surface area contributed by atoms with Crippen LogP contribution in [0.2, 0.25) is 0 Å². The minimum atomic E-state index is -0.122. The third-order valence-electron chi connectivity index (χ3n) is 3.22. The molecule has 2 aromatic carbocycles. The van der Waals surface area contributed by atoms with Crippen molar-refractivity contribution in [1.82, 2.24) is 0 Å². The standard InChI is InChI=1S/C16H19NO2.ClH/c17-16(8-9-18)14-6-4-13(5-7-14)15-3-1-2-12(10-15)11-19;/h1-7,10,16,18-19H,8-9,11,17H2;1H. The molecule has 0 fully saturated rings. The zero-order valence-corrected chi connectivity index (χ0v) is 12.0. The molecular weight excluding hydrogens is 274 g/mol. The van der Waals surface area contributed by atoms with Crippen LogP contribution in [-0.2, 0) is 6.61 Å². The Hall–Kier alpha value is -1.39. The van der Waals surface area contributed by atoms with Gasteiger partial charge >= 0.3 is 0 Å². The third-order valence-corrected chi connectivity index (χ3v) is 3.22. The molecule has 0 amide bonds.